The van der Waals surface area contributed by atoms with E-state index in [1.165, 1.54) is 13.3 Å². The first-order chi connectivity index (χ1) is 11.2. The predicted molar refractivity (Wildman–Crippen MR) is 94.1 cm³/mol. The molecule has 0 unspecified atom stereocenters. The molecule has 0 bridgehead atoms. The molecule has 0 radical (unpaired) electrons. The van der Waals surface area contributed by atoms with E-state index >= 15 is 0 Å². The number of aromatic nitrogens is 2. The van der Waals surface area contributed by atoms with Crippen molar-refractivity contribution >= 4 is 29.0 Å². The maximum absolute atomic E-state index is 12.3. The van der Waals surface area contributed by atoms with Crippen LogP contribution in [0.5, 0.6) is 0 Å². The molecule has 0 fully saturated rings. The first kappa shape index (κ1) is 17.4. The molecule has 0 aliphatic rings. The van der Waals surface area contributed by atoms with Gasteiger partial charge >= 0.3 is 0 Å². The minimum Gasteiger partial charge on any atom is -0.365 e. The van der Waals surface area contributed by atoms with E-state index in [4.69, 9.17) is 0 Å². The number of hydrogen-bond donors (Lipinski definition) is 3. The standard InChI is InChI=1S/C17H21N5O2/c1-11(23)20-12-6-5-7-13(8-12)21-16(24)14-9-15(19-10-18-14)22-17(2,3)4/h5-10H,1-4H3,(H,20,23)(H,21,24)(H,18,19,22). The minimum absolute atomic E-state index is 0.172. The number of hydrogen-bond acceptors (Lipinski definition) is 5. The van der Waals surface area contributed by atoms with E-state index in [-0.39, 0.29) is 23.0 Å². The molecule has 2 amide bonds. The van der Waals surface area contributed by atoms with Crippen LogP contribution in [0.15, 0.2) is 36.7 Å². The van der Waals surface area contributed by atoms with Crippen molar-refractivity contribution in [2.45, 2.75) is 33.2 Å². The van der Waals surface area contributed by atoms with Crippen molar-refractivity contribution in [2.24, 2.45) is 0 Å². The monoisotopic (exact) mass is 327 g/mol. The van der Waals surface area contributed by atoms with Crippen LogP contribution in [0.25, 0.3) is 0 Å². The second-order valence-corrected chi connectivity index (χ2v) is 6.38. The van der Waals surface area contributed by atoms with Crippen molar-refractivity contribution in [1.82, 2.24) is 9.97 Å². The molecule has 24 heavy (non-hydrogen) atoms. The number of amides is 2. The fourth-order valence-electron chi connectivity index (χ4n) is 2.01. The number of carbonyl (C=O) groups excluding carboxylic acids is 2. The molecular formula is C17H21N5O2. The molecule has 1 aromatic heterocycles. The van der Waals surface area contributed by atoms with Crippen LogP contribution in [-0.2, 0) is 4.79 Å². The molecule has 0 saturated carbocycles. The Morgan fingerprint density at radius 2 is 1.67 bits per heavy atom. The Morgan fingerprint density at radius 3 is 2.29 bits per heavy atom. The van der Waals surface area contributed by atoms with E-state index in [1.54, 1.807) is 30.3 Å². The lowest BCUT2D eigenvalue weighted by Gasteiger charge is -2.21. The van der Waals surface area contributed by atoms with Gasteiger partial charge in [0.25, 0.3) is 5.91 Å². The summed E-state index contributed by atoms with van der Waals surface area (Å²) in [5, 5.41) is 8.61. The van der Waals surface area contributed by atoms with Gasteiger partial charge in [-0.05, 0) is 39.0 Å². The Morgan fingerprint density at radius 1 is 1.00 bits per heavy atom. The van der Waals surface area contributed by atoms with E-state index in [0.29, 0.717) is 17.2 Å². The van der Waals surface area contributed by atoms with Gasteiger partial charge in [-0.2, -0.15) is 0 Å². The smallest absolute Gasteiger partial charge is 0.274 e. The summed E-state index contributed by atoms with van der Waals surface area (Å²) in [6.07, 6.45) is 1.34. The summed E-state index contributed by atoms with van der Waals surface area (Å²) in [5.41, 5.74) is 1.25. The van der Waals surface area contributed by atoms with Crippen molar-refractivity contribution in [3.63, 3.8) is 0 Å². The summed E-state index contributed by atoms with van der Waals surface area (Å²) in [6, 6.07) is 8.49. The highest BCUT2D eigenvalue weighted by Crippen LogP contribution is 2.17. The molecule has 0 spiro atoms. The van der Waals surface area contributed by atoms with Crippen LogP contribution in [0.4, 0.5) is 17.2 Å². The average molecular weight is 327 g/mol. The zero-order valence-electron chi connectivity index (χ0n) is 14.2. The van der Waals surface area contributed by atoms with E-state index in [0.717, 1.165) is 0 Å². The van der Waals surface area contributed by atoms with E-state index < -0.39 is 0 Å². The van der Waals surface area contributed by atoms with Gasteiger partial charge in [-0.1, -0.05) is 6.07 Å². The second kappa shape index (κ2) is 7.08. The molecule has 3 N–H and O–H groups in total. The highest BCUT2D eigenvalue weighted by atomic mass is 16.2. The minimum atomic E-state index is -0.352. The van der Waals surface area contributed by atoms with Gasteiger partial charge in [0.05, 0.1) is 0 Å². The number of carbonyl (C=O) groups is 2. The number of anilines is 3. The number of rotatable bonds is 4. The molecule has 0 aliphatic carbocycles. The van der Waals surface area contributed by atoms with Crippen LogP contribution in [0.3, 0.4) is 0 Å². The lowest BCUT2D eigenvalue weighted by atomic mass is 10.1. The molecule has 1 aromatic carbocycles. The van der Waals surface area contributed by atoms with Crippen molar-refractivity contribution < 1.29 is 9.59 Å². The van der Waals surface area contributed by atoms with Gasteiger partial charge < -0.3 is 16.0 Å². The maximum atomic E-state index is 12.3. The summed E-state index contributed by atoms with van der Waals surface area (Å²) in [4.78, 5) is 31.6. The first-order valence-electron chi connectivity index (χ1n) is 7.52. The Labute approximate surface area is 140 Å². The van der Waals surface area contributed by atoms with Crippen molar-refractivity contribution in [3.8, 4) is 0 Å². The molecule has 7 nitrogen and oxygen atoms in total. The summed E-state index contributed by atoms with van der Waals surface area (Å²) in [5.74, 6) is 0.0520. The Hall–Kier alpha value is -2.96. The first-order valence-corrected chi connectivity index (χ1v) is 7.52. The second-order valence-electron chi connectivity index (χ2n) is 6.38. The highest BCUT2D eigenvalue weighted by Gasteiger charge is 2.13. The zero-order valence-corrected chi connectivity index (χ0v) is 14.2. The van der Waals surface area contributed by atoms with Gasteiger partial charge in [-0.25, -0.2) is 9.97 Å². The Balaban J connectivity index is 2.12. The SMILES string of the molecule is CC(=O)Nc1cccc(NC(=O)c2cc(NC(C)(C)C)ncn2)c1. The van der Waals surface area contributed by atoms with Gasteiger partial charge in [0.2, 0.25) is 5.91 Å². The number of nitrogens with zero attached hydrogens (tertiary/aromatic N) is 2. The number of benzene rings is 1. The molecule has 0 atom stereocenters. The fraction of sp³-hybridized carbons (Fsp3) is 0.294. The molecule has 2 rings (SSSR count). The summed E-state index contributed by atoms with van der Waals surface area (Å²) >= 11 is 0. The fourth-order valence-corrected chi connectivity index (χ4v) is 2.01. The van der Waals surface area contributed by atoms with Crippen LogP contribution in [0, 0.1) is 0 Å². The molecule has 0 saturated heterocycles. The van der Waals surface area contributed by atoms with Crippen molar-refractivity contribution in [3.05, 3.63) is 42.4 Å². The average Bonchev–Trinajstić information content (AvgIpc) is 2.45. The third-order valence-corrected chi connectivity index (χ3v) is 2.84. The topological polar surface area (TPSA) is 96.0 Å². The Bertz CT molecular complexity index is 753. The molecule has 1 heterocycles. The van der Waals surface area contributed by atoms with Gasteiger partial charge in [0.1, 0.15) is 17.8 Å². The van der Waals surface area contributed by atoms with Gasteiger partial charge in [-0.15, -0.1) is 0 Å². The zero-order chi connectivity index (χ0) is 17.7. The lowest BCUT2D eigenvalue weighted by molar-refractivity contribution is -0.114. The summed E-state index contributed by atoms with van der Waals surface area (Å²) < 4.78 is 0. The normalized spacial score (nSPS) is 10.8. The molecule has 7 heteroatoms. The summed E-state index contributed by atoms with van der Waals surface area (Å²) in [7, 11) is 0. The van der Waals surface area contributed by atoms with Gasteiger partial charge in [-0.3, -0.25) is 9.59 Å². The van der Waals surface area contributed by atoms with Crippen molar-refractivity contribution in [2.75, 3.05) is 16.0 Å². The Kier molecular flexibility index (Phi) is 5.13. The summed E-state index contributed by atoms with van der Waals surface area (Å²) in [6.45, 7) is 7.43. The third-order valence-electron chi connectivity index (χ3n) is 2.84. The molecular weight excluding hydrogens is 306 g/mol. The van der Waals surface area contributed by atoms with Crippen LogP contribution in [0.2, 0.25) is 0 Å². The van der Waals surface area contributed by atoms with Crippen LogP contribution in [-0.4, -0.2) is 27.3 Å². The number of nitrogens with one attached hydrogen (secondary N) is 3. The lowest BCUT2D eigenvalue weighted by Crippen LogP contribution is -2.27. The quantitative estimate of drug-likeness (QED) is 0.802. The molecule has 0 aliphatic heterocycles. The maximum Gasteiger partial charge on any atom is 0.274 e. The van der Waals surface area contributed by atoms with E-state index in [2.05, 4.69) is 25.9 Å². The van der Waals surface area contributed by atoms with Crippen LogP contribution >= 0.6 is 0 Å². The van der Waals surface area contributed by atoms with Crippen LogP contribution in [0.1, 0.15) is 38.2 Å². The van der Waals surface area contributed by atoms with E-state index in [1.807, 2.05) is 20.8 Å². The largest absolute Gasteiger partial charge is 0.365 e. The van der Waals surface area contributed by atoms with Crippen molar-refractivity contribution in [1.29, 1.82) is 0 Å². The third kappa shape index (κ3) is 5.35. The van der Waals surface area contributed by atoms with Gasteiger partial charge in [0, 0.05) is 29.9 Å². The predicted octanol–water partition coefficient (Wildman–Crippen LogP) is 2.90. The van der Waals surface area contributed by atoms with Gasteiger partial charge in [0.15, 0.2) is 0 Å². The van der Waals surface area contributed by atoms with E-state index in [9.17, 15) is 9.59 Å². The molecule has 126 valence electrons. The molecule has 2 aromatic rings. The highest BCUT2D eigenvalue weighted by molar-refractivity contribution is 6.03. The van der Waals surface area contributed by atoms with Crippen LogP contribution < -0.4 is 16.0 Å².